The van der Waals surface area contributed by atoms with Crippen molar-refractivity contribution in [2.24, 2.45) is 0 Å². The molecule has 0 radical (unpaired) electrons. The minimum absolute atomic E-state index is 0.307. The first-order valence-corrected chi connectivity index (χ1v) is 21.9. The first kappa shape index (κ1) is 34.7. The fraction of sp³-hybridized carbons (Fsp3) is 0.0364. The number of para-hydroxylation sites is 1. The molecule has 284 valence electrons. The predicted octanol–water partition coefficient (Wildman–Crippen LogP) is 14.0. The van der Waals surface area contributed by atoms with Crippen LogP contribution in [0.5, 0.6) is 0 Å². The average molecular weight is 789 g/mol. The Morgan fingerprint density at radius 3 is 1.58 bits per heavy atom. The summed E-state index contributed by atoms with van der Waals surface area (Å²) in [6, 6.07) is 66.1. The normalized spacial score (nSPS) is 13.1. The van der Waals surface area contributed by atoms with Crippen LogP contribution in [-0.4, -0.2) is 18.0 Å². The molecule has 0 saturated carbocycles. The molecule has 60 heavy (non-hydrogen) atoms. The second-order valence-corrected chi connectivity index (χ2v) is 17.7. The van der Waals surface area contributed by atoms with E-state index in [0.29, 0.717) is 32.9 Å². The summed E-state index contributed by atoms with van der Waals surface area (Å²) in [5.41, 5.74) is 10.8. The van der Waals surface area contributed by atoms with E-state index in [1.165, 1.54) is 65.3 Å². The summed E-state index contributed by atoms with van der Waals surface area (Å²) in [4.78, 5) is 5.40. The van der Waals surface area contributed by atoms with Crippen molar-refractivity contribution in [3.8, 4) is 50.2 Å². The van der Waals surface area contributed by atoms with Crippen LogP contribution in [-0.2, 0) is 16.3 Å². The molecule has 2 heterocycles. The van der Waals surface area contributed by atoms with E-state index < -0.39 is 9.84 Å². The summed E-state index contributed by atoms with van der Waals surface area (Å²) in [7, 11) is -3.76. The van der Waals surface area contributed by atoms with Crippen molar-refractivity contribution in [2.75, 3.05) is 0 Å². The van der Waals surface area contributed by atoms with Gasteiger partial charge in [0, 0.05) is 6.42 Å². The topological polar surface area (TPSA) is 52.0 Å². The lowest BCUT2D eigenvalue weighted by Crippen LogP contribution is -2.16. The number of nitrogens with zero attached hydrogens (tertiary/aromatic N) is 2. The molecular formula is C55H36N2O2S. The largest absolute Gasteiger partial charge is 0.294 e. The smallest absolute Gasteiger partial charge is 0.210 e. The van der Waals surface area contributed by atoms with Gasteiger partial charge in [-0.15, -0.1) is 0 Å². The Morgan fingerprint density at radius 2 is 0.950 bits per heavy atom. The molecule has 0 fully saturated rings. The Hall–Kier alpha value is -7.34. The maximum atomic E-state index is 14.1. The summed E-state index contributed by atoms with van der Waals surface area (Å²) in [6.45, 7) is 2.05. The number of benzene rings is 10. The zero-order chi connectivity index (χ0) is 40.1. The summed E-state index contributed by atoms with van der Waals surface area (Å²) in [5, 5.41) is 9.69. The highest BCUT2D eigenvalue weighted by atomic mass is 32.2. The maximum absolute atomic E-state index is 14.1. The van der Waals surface area contributed by atoms with Crippen LogP contribution in [0.1, 0.15) is 12.7 Å². The van der Waals surface area contributed by atoms with Crippen LogP contribution >= 0.6 is 0 Å². The number of aryl methyl sites for hydroxylation is 1. The minimum Gasteiger partial charge on any atom is -0.294 e. The van der Waals surface area contributed by atoms with Crippen molar-refractivity contribution in [3.05, 3.63) is 194 Å². The summed E-state index contributed by atoms with van der Waals surface area (Å²) < 4.78 is 30.3. The number of hydrogen-bond donors (Lipinski definition) is 0. The highest BCUT2D eigenvalue weighted by Crippen LogP contribution is 2.46. The van der Waals surface area contributed by atoms with Gasteiger partial charge in [0.25, 0.3) is 0 Å². The molecule has 0 bridgehead atoms. The number of imidazole rings is 1. The zero-order valence-corrected chi connectivity index (χ0v) is 33.5. The standard InChI is InChI=1S/C55H36N2O2S/c1-2-52-56-48-16-9-17-50-55(48)57(52)49-29-27-41(33-51(49)60(50,58)59)37-20-18-36(19-21-37)40-26-28-46-47(32-40)54(43-25-23-35-11-4-6-13-39(35)31-43)45-15-8-7-14-44(45)53(46)42-24-22-34-10-3-5-12-38(34)30-42/h3-33H,2H2,1H3. The highest BCUT2D eigenvalue weighted by molar-refractivity contribution is 7.92. The Bertz CT molecular complexity index is 3710. The van der Waals surface area contributed by atoms with Crippen LogP contribution in [0.4, 0.5) is 0 Å². The van der Waals surface area contributed by atoms with Gasteiger partial charge in [0.05, 0.1) is 26.5 Å². The van der Waals surface area contributed by atoms with Crippen molar-refractivity contribution in [3.63, 3.8) is 0 Å². The van der Waals surface area contributed by atoms with Gasteiger partial charge in [0.15, 0.2) is 0 Å². The number of rotatable bonds is 5. The fourth-order valence-electron chi connectivity index (χ4n) is 9.59. The molecule has 1 aliphatic rings. The number of fused-ring (bicyclic) bond motifs is 6. The Kier molecular flexibility index (Phi) is 7.56. The van der Waals surface area contributed by atoms with Gasteiger partial charge in [-0.1, -0.05) is 153 Å². The summed E-state index contributed by atoms with van der Waals surface area (Å²) in [6.07, 6.45) is 0.691. The van der Waals surface area contributed by atoms with E-state index in [1.54, 1.807) is 12.1 Å². The van der Waals surface area contributed by atoms with Gasteiger partial charge in [0.2, 0.25) is 9.84 Å². The van der Waals surface area contributed by atoms with Crippen molar-refractivity contribution < 1.29 is 8.42 Å². The second-order valence-electron chi connectivity index (χ2n) is 15.8. The highest BCUT2D eigenvalue weighted by Gasteiger charge is 2.33. The fourth-order valence-corrected chi connectivity index (χ4v) is 11.3. The first-order chi connectivity index (χ1) is 29.4. The molecule has 4 nitrogen and oxygen atoms in total. The van der Waals surface area contributed by atoms with E-state index in [1.807, 2.05) is 28.8 Å². The van der Waals surface area contributed by atoms with E-state index >= 15 is 0 Å². The molecule has 0 aliphatic carbocycles. The van der Waals surface area contributed by atoms with Gasteiger partial charge in [-0.25, -0.2) is 13.4 Å². The maximum Gasteiger partial charge on any atom is 0.210 e. The number of sulfone groups is 1. The lowest BCUT2D eigenvalue weighted by molar-refractivity contribution is 0.594. The van der Waals surface area contributed by atoms with E-state index in [0.717, 1.165) is 28.1 Å². The lowest BCUT2D eigenvalue weighted by atomic mass is 9.84. The number of hydrogen-bond acceptors (Lipinski definition) is 3. The molecule has 0 unspecified atom stereocenters. The Labute approximate surface area is 347 Å². The molecule has 0 atom stereocenters. The molecule has 0 N–H and O–H groups in total. The van der Waals surface area contributed by atoms with Crippen LogP contribution in [0.25, 0.3) is 104 Å². The van der Waals surface area contributed by atoms with Crippen molar-refractivity contribution in [1.29, 1.82) is 0 Å². The third-order valence-electron chi connectivity index (χ3n) is 12.5. The van der Waals surface area contributed by atoms with Crippen LogP contribution < -0.4 is 0 Å². The average Bonchev–Trinajstić information content (AvgIpc) is 3.69. The van der Waals surface area contributed by atoms with Gasteiger partial charge < -0.3 is 0 Å². The molecule has 12 rings (SSSR count). The third-order valence-corrected chi connectivity index (χ3v) is 14.3. The molecule has 0 amide bonds. The summed E-state index contributed by atoms with van der Waals surface area (Å²) in [5.74, 6) is 0.849. The Morgan fingerprint density at radius 1 is 0.433 bits per heavy atom. The third kappa shape index (κ3) is 5.16. The molecule has 0 saturated heterocycles. The van der Waals surface area contributed by atoms with Crippen LogP contribution in [0.2, 0.25) is 0 Å². The molecule has 1 aliphatic heterocycles. The quantitative estimate of drug-likeness (QED) is 0.163. The first-order valence-electron chi connectivity index (χ1n) is 20.4. The van der Waals surface area contributed by atoms with Gasteiger partial charge >= 0.3 is 0 Å². The summed E-state index contributed by atoms with van der Waals surface area (Å²) >= 11 is 0. The predicted molar refractivity (Wildman–Crippen MR) is 248 cm³/mol. The monoisotopic (exact) mass is 788 g/mol. The van der Waals surface area contributed by atoms with E-state index in [4.69, 9.17) is 4.98 Å². The SMILES string of the molecule is CCc1nc2cccc3c2n1-c1ccc(-c2ccc(-c4ccc5c(-c6ccc7ccccc7c6)c6ccccc6c(-c6ccc7ccccc7c6)c5c4)cc2)cc1S3(=O)=O. The minimum atomic E-state index is -3.76. The van der Waals surface area contributed by atoms with E-state index in [2.05, 4.69) is 159 Å². The van der Waals surface area contributed by atoms with E-state index in [-0.39, 0.29) is 0 Å². The van der Waals surface area contributed by atoms with Crippen LogP contribution in [0.15, 0.2) is 198 Å². The van der Waals surface area contributed by atoms with E-state index in [9.17, 15) is 8.42 Å². The van der Waals surface area contributed by atoms with Gasteiger partial charge in [-0.05, 0) is 130 Å². The lowest BCUT2D eigenvalue weighted by Gasteiger charge is -2.21. The molecule has 1 aromatic heterocycles. The van der Waals surface area contributed by atoms with Gasteiger partial charge in [0.1, 0.15) is 5.82 Å². The van der Waals surface area contributed by atoms with Crippen molar-refractivity contribution in [1.82, 2.24) is 9.55 Å². The molecule has 10 aromatic carbocycles. The van der Waals surface area contributed by atoms with Crippen molar-refractivity contribution in [2.45, 2.75) is 23.1 Å². The number of aromatic nitrogens is 2. The van der Waals surface area contributed by atoms with Crippen LogP contribution in [0.3, 0.4) is 0 Å². The molecule has 11 aromatic rings. The van der Waals surface area contributed by atoms with Crippen LogP contribution in [0, 0.1) is 0 Å². The molecule has 0 spiro atoms. The molecule has 5 heteroatoms. The molecular weight excluding hydrogens is 753 g/mol. The van der Waals surface area contributed by atoms with Crippen molar-refractivity contribution >= 4 is 64.0 Å². The Balaban J connectivity index is 1.02. The van der Waals surface area contributed by atoms with Gasteiger partial charge in [-0.2, -0.15) is 0 Å². The zero-order valence-electron chi connectivity index (χ0n) is 32.7. The second kappa shape index (κ2) is 13.1. The van der Waals surface area contributed by atoms with Gasteiger partial charge in [-0.3, -0.25) is 4.57 Å².